The molecule has 1 aromatic heterocycles. The van der Waals surface area contributed by atoms with Crippen molar-refractivity contribution in [1.82, 2.24) is 9.55 Å². The topological polar surface area (TPSA) is 56.6 Å². The first-order chi connectivity index (χ1) is 11.2. The first-order valence-corrected chi connectivity index (χ1v) is 8.16. The number of piperidine rings is 1. The molecule has 0 bridgehead atoms. The molecule has 6 heteroatoms. The summed E-state index contributed by atoms with van der Waals surface area (Å²) in [6.07, 6.45) is 4.65. The summed E-state index contributed by atoms with van der Waals surface area (Å²) in [6, 6.07) is 4.05. The maximum absolute atomic E-state index is 12.9. The summed E-state index contributed by atoms with van der Waals surface area (Å²) in [6.45, 7) is 1.72. The van der Waals surface area contributed by atoms with E-state index in [1.54, 1.807) is 26.4 Å². The molecule has 0 aliphatic carbocycles. The lowest BCUT2D eigenvalue weighted by molar-refractivity contribution is 0.355. The number of ether oxygens (including phenoxy) is 2. The van der Waals surface area contributed by atoms with E-state index in [2.05, 4.69) is 4.90 Å². The van der Waals surface area contributed by atoms with Crippen molar-refractivity contribution in [3.05, 3.63) is 22.5 Å². The van der Waals surface area contributed by atoms with Gasteiger partial charge in [0, 0.05) is 25.2 Å². The van der Waals surface area contributed by atoms with Crippen molar-refractivity contribution in [3.63, 3.8) is 0 Å². The van der Waals surface area contributed by atoms with Crippen LogP contribution in [-0.2, 0) is 6.54 Å². The van der Waals surface area contributed by atoms with Crippen molar-refractivity contribution in [3.8, 4) is 11.5 Å². The van der Waals surface area contributed by atoms with E-state index in [1.165, 1.54) is 12.8 Å². The van der Waals surface area contributed by atoms with E-state index in [0.29, 0.717) is 28.4 Å². The van der Waals surface area contributed by atoms with E-state index in [-0.39, 0.29) is 5.56 Å². The van der Waals surface area contributed by atoms with Crippen LogP contribution in [0.2, 0.25) is 0 Å². The van der Waals surface area contributed by atoms with Gasteiger partial charge in [0.05, 0.1) is 25.1 Å². The molecule has 1 aromatic carbocycles. The molecule has 3 heterocycles. The lowest BCUT2D eigenvalue weighted by atomic mass is 9.98. The fraction of sp³-hybridized carbons (Fsp3) is 0.529. The molecule has 1 atom stereocenters. The molecule has 0 amide bonds. The molecule has 23 heavy (non-hydrogen) atoms. The number of benzene rings is 1. The van der Waals surface area contributed by atoms with Crippen LogP contribution < -0.4 is 19.9 Å². The lowest BCUT2D eigenvalue weighted by Crippen LogP contribution is -2.47. The summed E-state index contributed by atoms with van der Waals surface area (Å²) in [7, 11) is 3.17. The highest BCUT2D eigenvalue weighted by Gasteiger charge is 2.31. The zero-order valence-electron chi connectivity index (χ0n) is 13.5. The third-order valence-electron chi connectivity index (χ3n) is 5.01. The van der Waals surface area contributed by atoms with Gasteiger partial charge in [-0.2, -0.15) is 0 Å². The van der Waals surface area contributed by atoms with Crippen molar-refractivity contribution in [2.45, 2.75) is 38.3 Å². The Bertz CT molecular complexity index is 815. The summed E-state index contributed by atoms with van der Waals surface area (Å²) >= 11 is 0. The standard InChI is InChI=1S/C17H21N3O3/c1-22-14-9-12-13(10-15(14)23-2)18-17-19-7-4-3-5-11(19)6-8-20(17)16(12)21/h9-11H,3-8H2,1-2H3. The number of methoxy groups -OCH3 is 2. The SMILES string of the molecule is COc1cc2nc3n(c(=O)c2cc1OC)CCC1CCCCN31. The Labute approximate surface area is 134 Å². The summed E-state index contributed by atoms with van der Waals surface area (Å²) in [5, 5.41) is 0.585. The third kappa shape index (κ3) is 2.16. The second-order valence-corrected chi connectivity index (χ2v) is 6.22. The van der Waals surface area contributed by atoms with Gasteiger partial charge in [0.2, 0.25) is 5.95 Å². The predicted molar refractivity (Wildman–Crippen MR) is 88.7 cm³/mol. The number of hydrogen-bond donors (Lipinski definition) is 0. The van der Waals surface area contributed by atoms with E-state index in [1.807, 2.05) is 4.57 Å². The zero-order chi connectivity index (χ0) is 16.0. The second kappa shape index (κ2) is 5.44. The highest BCUT2D eigenvalue weighted by atomic mass is 16.5. The molecule has 2 aliphatic heterocycles. The van der Waals surface area contributed by atoms with Gasteiger partial charge < -0.3 is 14.4 Å². The van der Waals surface area contributed by atoms with Crippen molar-refractivity contribution in [1.29, 1.82) is 0 Å². The molecule has 122 valence electrons. The molecule has 0 spiro atoms. The van der Waals surface area contributed by atoms with Gasteiger partial charge in [0.15, 0.2) is 11.5 Å². The minimum absolute atomic E-state index is 0.00924. The average Bonchev–Trinajstić information content (AvgIpc) is 2.60. The molecule has 6 nitrogen and oxygen atoms in total. The van der Waals surface area contributed by atoms with Gasteiger partial charge in [-0.1, -0.05) is 0 Å². The van der Waals surface area contributed by atoms with E-state index < -0.39 is 0 Å². The highest BCUT2D eigenvalue weighted by molar-refractivity contribution is 5.83. The van der Waals surface area contributed by atoms with Crippen LogP contribution in [0.15, 0.2) is 16.9 Å². The molecular weight excluding hydrogens is 294 g/mol. The van der Waals surface area contributed by atoms with Gasteiger partial charge in [-0.25, -0.2) is 4.98 Å². The van der Waals surface area contributed by atoms with Crippen LogP contribution in [0.4, 0.5) is 5.95 Å². The van der Waals surface area contributed by atoms with Gasteiger partial charge in [-0.05, 0) is 31.7 Å². The van der Waals surface area contributed by atoms with Crippen molar-refractivity contribution in [2.24, 2.45) is 0 Å². The van der Waals surface area contributed by atoms with Crippen molar-refractivity contribution >= 4 is 16.9 Å². The number of hydrogen-bond acceptors (Lipinski definition) is 5. The van der Waals surface area contributed by atoms with Crippen LogP contribution in [0.5, 0.6) is 11.5 Å². The lowest BCUT2D eigenvalue weighted by Gasteiger charge is -2.41. The Balaban J connectivity index is 1.94. The molecule has 0 radical (unpaired) electrons. The fourth-order valence-electron chi connectivity index (χ4n) is 3.80. The number of anilines is 1. The summed E-state index contributed by atoms with van der Waals surface area (Å²) in [4.78, 5) is 20.0. The Morgan fingerprint density at radius 1 is 1.09 bits per heavy atom. The molecule has 1 unspecified atom stereocenters. The number of rotatable bonds is 2. The smallest absolute Gasteiger partial charge is 0.262 e. The molecule has 2 aliphatic rings. The number of aromatic nitrogens is 2. The molecular formula is C17H21N3O3. The van der Waals surface area contributed by atoms with E-state index in [4.69, 9.17) is 14.5 Å². The molecule has 1 saturated heterocycles. The molecule has 4 rings (SSSR count). The Morgan fingerprint density at radius 2 is 1.87 bits per heavy atom. The molecule has 0 N–H and O–H groups in total. The van der Waals surface area contributed by atoms with E-state index >= 15 is 0 Å². The van der Waals surface area contributed by atoms with Crippen LogP contribution in [0.3, 0.4) is 0 Å². The van der Waals surface area contributed by atoms with E-state index in [9.17, 15) is 4.79 Å². The summed E-state index contributed by atoms with van der Waals surface area (Å²) in [5.41, 5.74) is 0.681. The minimum atomic E-state index is 0.00924. The first kappa shape index (κ1) is 14.4. The molecule has 2 aromatic rings. The first-order valence-electron chi connectivity index (χ1n) is 8.16. The Morgan fingerprint density at radius 3 is 2.65 bits per heavy atom. The normalized spacial score (nSPS) is 20.1. The zero-order valence-corrected chi connectivity index (χ0v) is 13.5. The number of fused-ring (bicyclic) bond motifs is 4. The molecule has 0 saturated carbocycles. The van der Waals surface area contributed by atoms with Crippen LogP contribution in [0.25, 0.3) is 10.9 Å². The maximum Gasteiger partial charge on any atom is 0.262 e. The van der Waals surface area contributed by atoms with Crippen LogP contribution in [-0.4, -0.2) is 36.4 Å². The van der Waals surface area contributed by atoms with E-state index in [0.717, 1.165) is 31.9 Å². The predicted octanol–water partition coefficient (Wildman–Crippen LogP) is 2.18. The summed E-state index contributed by atoms with van der Waals surface area (Å²) < 4.78 is 12.5. The maximum atomic E-state index is 12.9. The fourth-order valence-corrected chi connectivity index (χ4v) is 3.80. The third-order valence-corrected chi connectivity index (χ3v) is 5.01. The highest BCUT2D eigenvalue weighted by Crippen LogP contribution is 2.33. The minimum Gasteiger partial charge on any atom is -0.493 e. The van der Waals surface area contributed by atoms with Gasteiger partial charge in [-0.15, -0.1) is 0 Å². The van der Waals surface area contributed by atoms with Gasteiger partial charge in [0.25, 0.3) is 5.56 Å². The number of nitrogens with zero attached hydrogens (tertiary/aromatic N) is 3. The Kier molecular flexibility index (Phi) is 3.39. The monoisotopic (exact) mass is 315 g/mol. The Hall–Kier alpha value is -2.24. The van der Waals surface area contributed by atoms with Gasteiger partial charge in [0.1, 0.15) is 0 Å². The summed E-state index contributed by atoms with van der Waals surface area (Å²) in [5.74, 6) is 1.97. The van der Waals surface area contributed by atoms with Gasteiger partial charge >= 0.3 is 0 Å². The van der Waals surface area contributed by atoms with Crippen LogP contribution >= 0.6 is 0 Å². The van der Waals surface area contributed by atoms with Crippen LogP contribution in [0.1, 0.15) is 25.7 Å². The van der Waals surface area contributed by atoms with Gasteiger partial charge in [-0.3, -0.25) is 9.36 Å². The average molecular weight is 315 g/mol. The second-order valence-electron chi connectivity index (χ2n) is 6.22. The molecule has 1 fully saturated rings. The van der Waals surface area contributed by atoms with Crippen LogP contribution in [0, 0.1) is 0 Å². The van der Waals surface area contributed by atoms with Crippen molar-refractivity contribution < 1.29 is 9.47 Å². The quantitative estimate of drug-likeness (QED) is 0.850. The largest absolute Gasteiger partial charge is 0.493 e. The van der Waals surface area contributed by atoms with Crippen molar-refractivity contribution in [2.75, 3.05) is 25.7 Å².